The lowest BCUT2D eigenvalue weighted by Crippen LogP contribution is -2.44. The minimum absolute atomic E-state index is 0.277. The van der Waals surface area contributed by atoms with E-state index in [2.05, 4.69) is 10.2 Å². The number of hydrogen-bond acceptors (Lipinski definition) is 4. The first-order chi connectivity index (χ1) is 7.53. The molecule has 0 radical (unpaired) electrons. The van der Waals surface area contributed by atoms with Crippen LogP contribution >= 0.6 is 0 Å². The van der Waals surface area contributed by atoms with E-state index < -0.39 is 9.84 Å². The maximum absolute atomic E-state index is 12.2. The van der Waals surface area contributed by atoms with Gasteiger partial charge in [-0.05, 0) is 26.7 Å². The predicted molar refractivity (Wildman–Crippen MR) is 64.8 cm³/mol. The fraction of sp³-hybridized carbons (Fsp3) is 1.00. The molecule has 94 valence electrons. The molecule has 0 saturated carbocycles. The summed E-state index contributed by atoms with van der Waals surface area (Å²) in [7, 11) is -3.00. The smallest absolute Gasteiger partial charge is 0.169 e. The quantitative estimate of drug-likeness (QED) is 0.788. The van der Waals surface area contributed by atoms with E-state index in [1.165, 1.54) is 12.8 Å². The molecule has 2 saturated heterocycles. The van der Waals surface area contributed by atoms with Gasteiger partial charge in [-0.25, -0.2) is 8.42 Å². The average molecular weight is 246 g/mol. The van der Waals surface area contributed by atoms with Crippen molar-refractivity contribution in [2.24, 2.45) is 0 Å². The Kier molecular flexibility index (Phi) is 3.56. The molecule has 2 atom stereocenters. The molecule has 4 nitrogen and oxygen atoms in total. The highest BCUT2D eigenvalue weighted by Gasteiger charge is 2.42. The fourth-order valence-corrected chi connectivity index (χ4v) is 4.25. The van der Waals surface area contributed by atoms with Crippen molar-refractivity contribution >= 4 is 9.84 Å². The standard InChI is InChI=1S/C11H22N2O2S/c1-9(2)16(14,15)11-8-12-10-6-4-3-5-7-13(10)11/h9-12H,3-8H2,1-2H3. The van der Waals surface area contributed by atoms with E-state index in [1.807, 2.05) is 0 Å². The van der Waals surface area contributed by atoms with Gasteiger partial charge in [0.15, 0.2) is 9.84 Å². The highest BCUT2D eigenvalue weighted by Crippen LogP contribution is 2.26. The second kappa shape index (κ2) is 4.63. The lowest BCUT2D eigenvalue weighted by atomic mass is 10.2. The van der Waals surface area contributed by atoms with Crippen molar-refractivity contribution in [2.75, 3.05) is 13.1 Å². The molecule has 0 bridgehead atoms. The number of sulfone groups is 1. The van der Waals surface area contributed by atoms with Gasteiger partial charge in [-0.1, -0.05) is 12.8 Å². The second-order valence-corrected chi connectivity index (χ2v) is 7.77. The molecule has 0 aromatic carbocycles. The van der Waals surface area contributed by atoms with E-state index in [4.69, 9.17) is 0 Å². The van der Waals surface area contributed by atoms with E-state index in [0.717, 1.165) is 19.4 Å². The zero-order chi connectivity index (χ0) is 11.8. The molecule has 16 heavy (non-hydrogen) atoms. The molecule has 2 aliphatic rings. The maximum atomic E-state index is 12.2. The van der Waals surface area contributed by atoms with Gasteiger partial charge < -0.3 is 0 Å². The summed E-state index contributed by atoms with van der Waals surface area (Å²) in [6.45, 7) is 5.08. The van der Waals surface area contributed by atoms with Gasteiger partial charge in [-0.2, -0.15) is 0 Å². The van der Waals surface area contributed by atoms with Crippen LogP contribution in [0, 0.1) is 0 Å². The monoisotopic (exact) mass is 246 g/mol. The Morgan fingerprint density at radius 2 is 2.00 bits per heavy atom. The largest absolute Gasteiger partial charge is 0.299 e. The first-order valence-electron chi connectivity index (χ1n) is 6.25. The molecule has 0 aromatic heterocycles. The van der Waals surface area contributed by atoms with Crippen LogP contribution in [0.2, 0.25) is 0 Å². The number of nitrogens with one attached hydrogen (secondary N) is 1. The summed E-state index contributed by atoms with van der Waals surface area (Å²) in [5.41, 5.74) is 0. The Bertz CT molecular complexity index is 340. The molecule has 2 heterocycles. The molecule has 0 aliphatic carbocycles. The summed E-state index contributed by atoms with van der Waals surface area (Å²) in [4.78, 5) is 2.17. The minimum atomic E-state index is -3.00. The Hall–Kier alpha value is -0.130. The molecule has 2 rings (SSSR count). The van der Waals surface area contributed by atoms with E-state index in [9.17, 15) is 8.42 Å². The van der Waals surface area contributed by atoms with Crippen LogP contribution in [0.15, 0.2) is 0 Å². The third-order valence-corrected chi connectivity index (χ3v) is 6.24. The number of rotatable bonds is 2. The first kappa shape index (κ1) is 12.3. The van der Waals surface area contributed by atoms with Gasteiger partial charge >= 0.3 is 0 Å². The van der Waals surface area contributed by atoms with Gasteiger partial charge in [0.2, 0.25) is 0 Å². The summed E-state index contributed by atoms with van der Waals surface area (Å²) in [5, 5.41) is 2.78. The van der Waals surface area contributed by atoms with E-state index in [0.29, 0.717) is 12.7 Å². The summed E-state index contributed by atoms with van der Waals surface area (Å²) in [6, 6.07) is 0. The summed E-state index contributed by atoms with van der Waals surface area (Å²) >= 11 is 0. The highest BCUT2D eigenvalue weighted by molar-refractivity contribution is 7.92. The van der Waals surface area contributed by atoms with Crippen molar-refractivity contribution in [2.45, 2.75) is 56.3 Å². The van der Waals surface area contributed by atoms with E-state index >= 15 is 0 Å². The van der Waals surface area contributed by atoms with Gasteiger partial charge in [0.25, 0.3) is 0 Å². The molecule has 2 unspecified atom stereocenters. The van der Waals surface area contributed by atoms with Gasteiger partial charge in [0, 0.05) is 13.1 Å². The lowest BCUT2D eigenvalue weighted by Gasteiger charge is -2.28. The van der Waals surface area contributed by atoms with Crippen molar-refractivity contribution in [3.05, 3.63) is 0 Å². The number of fused-ring (bicyclic) bond motifs is 1. The van der Waals surface area contributed by atoms with Crippen LogP contribution in [-0.2, 0) is 9.84 Å². The second-order valence-electron chi connectivity index (χ2n) is 5.10. The summed E-state index contributed by atoms with van der Waals surface area (Å²) in [6.07, 6.45) is 4.94. The molecule has 2 fully saturated rings. The molecule has 2 aliphatic heterocycles. The fourth-order valence-electron chi connectivity index (χ4n) is 2.67. The third-order valence-electron chi connectivity index (χ3n) is 3.73. The number of hydrogen-bond donors (Lipinski definition) is 1. The Morgan fingerprint density at radius 1 is 1.25 bits per heavy atom. The van der Waals surface area contributed by atoms with Crippen LogP contribution in [0.25, 0.3) is 0 Å². The van der Waals surface area contributed by atoms with Crippen LogP contribution < -0.4 is 5.32 Å². The Labute approximate surface area is 98.3 Å². The first-order valence-corrected chi connectivity index (χ1v) is 7.86. The van der Waals surface area contributed by atoms with Crippen LogP contribution in [0.5, 0.6) is 0 Å². The SMILES string of the molecule is CC(C)S(=O)(=O)C1CNC2CCCCCN21. The van der Waals surface area contributed by atoms with Crippen LogP contribution in [-0.4, -0.2) is 43.2 Å². The van der Waals surface area contributed by atoms with Crippen molar-refractivity contribution < 1.29 is 8.42 Å². The zero-order valence-corrected chi connectivity index (χ0v) is 11.0. The van der Waals surface area contributed by atoms with E-state index in [-0.39, 0.29) is 10.6 Å². The predicted octanol–water partition coefficient (Wildman–Crippen LogP) is 0.941. The molecule has 5 heteroatoms. The normalized spacial score (nSPS) is 32.7. The lowest BCUT2D eigenvalue weighted by molar-refractivity contribution is 0.227. The zero-order valence-electron chi connectivity index (χ0n) is 10.1. The van der Waals surface area contributed by atoms with Gasteiger partial charge in [0.05, 0.1) is 11.4 Å². The minimum Gasteiger partial charge on any atom is -0.299 e. The summed E-state index contributed by atoms with van der Waals surface area (Å²) < 4.78 is 24.4. The van der Waals surface area contributed by atoms with E-state index in [1.54, 1.807) is 13.8 Å². The summed E-state index contributed by atoms with van der Waals surface area (Å²) in [5.74, 6) is 0. The maximum Gasteiger partial charge on any atom is 0.169 e. The van der Waals surface area contributed by atoms with Gasteiger partial charge in [-0.3, -0.25) is 10.2 Å². The molecule has 0 aromatic rings. The third kappa shape index (κ3) is 2.13. The molecule has 1 N–H and O–H groups in total. The van der Waals surface area contributed by atoms with Gasteiger partial charge in [0.1, 0.15) is 5.37 Å². The molecular weight excluding hydrogens is 224 g/mol. The van der Waals surface area contributed by atoms with Crippen LogP contribution in [0.4, 0.5) is 0 Å². The van der Waals surface area contributed by atoms with Crippen molar-refractivity contribution in [1.29, 1.82) is 0 Å². The topological polar surface area (TPSA) is 49.4 Å². The average Bonchev–Trinajstić information content (AvgIpc) is 2.49. The van der Waals surface area contributed by atoms with Crippen molar-refractivity contribution in [3.8, 4) is 0 Å². The van der Waals surface area contributed by atoms with Crippen molar-refractivity contribution in [3.63, 3.8) is 0 Å². The van der Waals surface area contributed by atoms with Crippen molar-refractivity contribution in [1.82, 2.24) is 10.2 Å². The van der Waals surface area contributed by atoms with Gasteiger partial charge in [-0.15, -0.1) is 0 Å². The molecule has 0 spiro atoms. The van der Waals surface area contributed by atoms with Crippen LogP contribution in [0.3, 0.4) is 0 Å². The molecule has 0 amide bonds. The Morgan fingerprint density at radius 3 is 2.69 bits per heavy atom. The molecular formula is C11H22N2O2S. The van der Waals surface area contributed by atoms with Crippen LogP contribution in [0.1, 0.15) is 39.5 Å². The highest BCUT2D eigenvalue weighted by atomic mass is 32.2. The Balaban J connectivity index is 2.18. The number of nitrogens with zero attached hydrogens (tertiary/aromatic N) is 1.